The lowest BCUT2D eigenvalue weighted by Crippen LogP contribution is -2.27. The van der Waals surface area contributed by atoms with Crippen molar-refractivity contribution in [3.8, 4) is 5.75 Å². The number of nitrogens with one attached hydrogen (secondary N) is 2. The van der Waals surface area contributed by atoms with Gasteiger partial charge in [-0.2, -0.15) is 0 Å². The highest BCUT2D eigenvalue weighted by atomic mass is 35.5. The Bertz CT molecular complexity index is 896. The van der Waals surface area contributed by atoms with Crippen LogP contribution in [0.1, 0.15) is 17.5 Å². The first-order valence-corrected chi connectivity index (χ1v) is 9.79. The van der Waals surface area contributed by atoms with E-state index in [1.165, 1.54) is 19.2 Å². The van der Waals surface area contributed by atoms with Gasteiger partial charge in [-0.3, -0.25) is 4.79 Å². The van der Waals surface area contributed by atoms with E-state index in [1.807, 2.05) is 13.8 Å². The lowest BCUT2D eigenvalue weighted by Gasteiger charge is -2.12. The fourth-order valence-electron chi connectivity index (χ4n) is 2.24. The van der Waals surface area contributed by atoms with Gasteiger partial charge in [-0.05, 0) is 37.6 Å². The van der Waals surface area contributed by atoms with E-state index in [0.717, 1.165) is 11.1 Å². The van der Waals surface area contributed by atoms with E-state index in [1.54, 1.807) is 24.3 Å². The Balaban J connectivity index is 1.95. The first-order valence-electron chi connectivity index (χ1n) is 7.93. The van der Waals surface area contributed by atoms with Gasteiger partial charge in [-0.1, -0.05) is 29.3 Å². The first kappa shape index (κ1) is 20.2. The van der Waals surface area contributed by atoms with Crippen LogP contribution in [-0.4, -0.2) is 28.0 Å². The molecule has 2 rings (SSSR count). The molecule has 6 nitrogen and oxygen atoms in total. The summed E-state index contributed by atoms with van der Waals surface area (Å²) in [6.07, 6.45) is -0.0179. The SMILES string of the molecule is COc1cc(Cl)c(C)cc1NC(=O)CCNS(=O)(=O)c1ccc(C)cc1. The molecular formula is C18H21ClN2O4S. The van der Waals surface area contributed by atoms with E-state index in [-0.39, 0.29) is 23.8 Å². The van der Waals surface area contributed by atoms with Crippen LogP contribution in [0.25, 0.3) is 0 Å². The van der Waals surface area contributed by atoms with Crippen LogP contribution in [-0.2, 0) is 14.8 Å². The molecule has 2 aromatic rings. The Kier molecular flexibility index (Phi) is 6.63. The molecular weight excluding hydrogens is 376 g/mol. The van der Waals surface area contributed by atoms with E-state index in [9.17, 15) is 13.2 Å². The standard InChI is InChI=1S/C18H21ClN2O4S/c1-12-4-6-14(7-5-12)26(23,24)20-9-8-18(22)21-16-10-13(2)15(19)11-17(16)25-3/h4-7,10-11,20H,8-9H2,1-3H3,(H,21,22). The van der Waals surface area contributed by atoms with E-state index < -0.39 is 10.0 Å². The van der Waals surface area contributed by atoms with E-state index in [4.69, 9.17) is 16.3 Å². The number of carbonyl (C=O) groups excluding carboxylic acids is 1. The molecule has 8 heteroatoms. The highest BCUT2D eigenvalue weighted by molar-refractivity contribution is 7.89. The molecule has 0 aliphatic heterocycles. The van der Waals surface area contributed by atoms with Crippen molar-refractivity contribution in [2.75, 3.05) is 19.0 Å². The number of hydrogen-bond donors (Lipinski definition) is 2. The van der Waals surface area contributed by atoms with Gasteiger partial charge in [0.25, 0.3) is 0 Å². The van der Waals surface area contributed by atoms with Crippen molar-refractivity contribution in [2.24, 2.45) is 0 Å². The van der Waals surface area contributed by atoms with E-state index in [2.05, 4.69) is 10.0 Å². The zero-order chi connectivity index (χ0) is 19.3. The van der Waals surface area contributed by atoms with Gasteiger partial charge in [0.1, 0.15) is 5.75 Å². The van der Waals surface area contributed by atoms with Crippen LogP contribution in [0.5, 0.6) is 5.75 Å². The lowest BCUT2D eigenvalue weighted by molar-refractivity contribution is -0.116. The lowest BCUT2D eigenvalue weighted by atomic mass is 10.2. The van der Waals surface area contributed by atoms with Gasteiger partial charge >= 0.3 is 0 Å². The summed E-state index contributed by atoms with van der Waals surface area (Å²) < 4.78 is 32.0. The molecule has 0 aliphatic rings. The minimum atomic E-state index is -3.64. The molecule has 26 heavy (non-hydrogen) atoms. The number of anilines is 1. The number of aryl methyl sites for hydroxylation is 2. The topological polar surface area (TPSA) is 84.5 Å². The number of sulfonamides is 1. The predicted molar refractivity (Wildman–Crippen MR) is 102 cm³/mol. The Morgan fingerprint density at radius 2 is 1.81 bits per heavy atom. The minimum absolute atomic E-state index is 0.0169. The summed E-state index contributed by atoms with van der Waals surface area (Å²) in [6.45, 7) is 3.67. The van der Waals surface area contributed by atoms with Gasteiger partial charge in [0.2, 0.25) is 15.9 Å². The van der Waals surface area contributed by atoms with Crippen molar-refractivity contribution in [1.82, 2.24) is 4.72 Å². The average molecular weight is 397 g/mol. The summed E-state index contributed by atoms with van der Waals surface area (Å²) in [7, 11) is -2.16. The van der Waals surface area contributed by atoms with Crippen LogP contribution in [0.2, 0.25) is 5.02 Å². The van der Waals surface area contributed by atoms with Crippen LogP contribution in [0.4, 0.5) is 5.69 Å². The van der Waals surface area contributed by atoms with Gasteiger partial charge in [-0.15, -0.1) is 0 Å². The van der Waals surface area contributed by atoms with Gasteiger partial charge in [-0.25, -0.2) is 13.1 Å². The van der Waals surface area contributed by atoms with Crippen LogP contribution in [0, 0.1) is 13.8 Å². The van der Waals surface area contributed by atoms with Crippen LogP contribution < -0.4 is 14.8 Å². The van der Waals surface area contributed by atoms with E-state index >= 15 is 0 Å². The number of carbonyl (C=O) groups is 1. The molecule has 0 radical (unpaired) electrons. The summed E-state index contributed by atoms with van der Waals surface area (Å²) in [6, 6.07) is 9.81. The quantitative estimate of drug-likeness (QED) is 0.752. The molecule has 0 atom stereocenters. The number of ether oxygens (including phenoxy) is 1. The molecule has 0 unspecified atom stereocenters. The maximum absolute atomic E-state index is 12.2. The predicted octanol–water partition coefficient (Wildman–Crippen LogP) is 3.27. The second-order valence-corrected chi connectivity index (χ2v) is 7.98. The molecule has 1 amide bonds. The van der Waals surface area contributed by atoms with Crippen molar-refractivity contribution in [2.45, 2.75) is 25.2 Å². The summed E-state index contributed by atoms with van der Waals surface area (Å²) in [5.41, 5.74) is 2.25. The number of amides is 1. The third-order valence-corrected chi connectivity index (χ3v) is 5.61. The molecule has 2 N–H and O–H groups in total. The Labute approximate surface area is 158 Å². The largest absolute Gasteiger partial charge is 0.495 e. The Hall–Kier alpha value is -2.09. The molecule has 0 fully saturated rings. The van der Waals surface area contributed by atoms with Crippen molar-refractivity contribution < 1.29 is 17.9 Å². The van der Waals surface area contributed by atoms with Crippen LogP contribution >= 0.6 is 11.6 Å². The third kappa shape index (κ3) is 5.20. The van der Waals surface area contributed by atoms with Gasteiger partial charge < -0.3 is 10.1 Å². The molecule has 2 aromatic carbocycles. The minimum Gasteiger partial charge on any atom is -0.495 e. The smallest absolute Gasteiger partial charge is 0.240 e. The zero-order valence-corrected chi connectivity index (χ0v) is 16.4. The maximum atomic E-state index is 12.2. The number of methoxy groups -OCH3 is 1. The molecule has 0 saturated heterocycles. The molecule has 0 bridgehead atoms. The Morgan fingerprint density at radius 1 is 1.15 bits per heavy atom. The van der Waals surface area contributed by atoms with Crippen LogP contribution in [0.15, 0.2) is 41.3 Å². The fraction of sp³-hybridized carbons (Fsp3) is 0.278. The Morgan fingerprint density at radius 3 is 2.42 bits per heavy atom. The molecule has 0 heterocycles. The molecule has 0 aromatic heterocycles. The number of rotatable bonds is 7. The summed E-state index contributed by atoms with van der Waals surface area (Å²) in [4.78, 5) is 12.3. The third-order valence-electron chi connectivity index (χ3n) is 3.73. The van der Waals surface area contributed by atoms with Crippen molar-refractivity contribution in [1.29, 1.82) is 0 Å². The summed E-state index contributed by atoms with van der Waals surface area (Å²) in [5.74, 6) is 0.103. The highest BCUT2D eigenvalue weighted by Crippen LogP contribution is 2.30. The fourth-order valence-corrected chi connectivity index (χ4v) is 3.43. The average Bonchev–Trinajstić information content (AvgIpc) is 2.58. The second-order valence-electron chi connectivity index (χ2n) is 5.81. The molecule has 0 aliphatic carbocycles. The number of hydrogen-bond acceptors (Lipinski definition) is 4. The summed E-state index contributed by atoms with van der Waals surface area (Å²) in [5, 5.41) is 3.24. The number of halogens is 1. The molecule has 140 valence electrons. The van der Waals surface area contributed by atoms with Crippen LogP contribution in [0.3, 0.4) is 0 Å². The molecule has 0 saturated carbocycles. The first-order chi connectivity index (χ1) is 12.2. The van der Waals surface area contributed by atoms with Gasteiger partial charge in [0.05, 0.1) is 17.7 Å². The highest BCUT2D eigenvalue weighted by Gasteiger charge is 2.15. The van der Waals surface area contributed by atoms with Crippen molar-refractivity contribution in [3.63, 3.8) is 0 Å². The maximum Gasteiger partial charge on any atom is 0.240 e. The number of benzene rings is 2. The zero-order valence-electron chi connectivity index (χ0n) is 14.8. The second kappa shape index (κ2) is 8.53. The normalized spacial score (nSPS) is 11.2. The van der Waals surface area contributed by atoms with Gasteiger partial charge in [0.15, 0.2) is 0 Å². The van der Waals surface area contributed by atoms with Crippen molar-refractivity contribution in [3.05, 3.63) is 52.5 Å². The molecule has 0 spiro atoms. The van der Waals surface area contributed by atoms with Gasteiger partial charge in [0, 0.05) is 24.1 Å². The van der Waals surface area contributed by atoms with Crippen molar-refractivity contribution >= 4 is 33.2 Å². The van der Waals surface area contributed by atoms with E-state index in [0.29, 0.717) is 16.5 Å². The monoisotopic (exact) mass is 396 g/mol. The summed E-state index contributed by atoms with van der Waals surface area (Å²) >= 11 is 6.03.